The minimum Gasteiger partial charge on any atom is -0.396 e. The highest BCUT2D eigenvalue weighted by Gasteiger charge is 2.11. The molecule has 0 aliphatic carbocycles. The molecule has 0 atom stereocenters. The number of amides is 1. The number of carbonyl (C=O) groups excluding carboxylic acids is 1. The number of nitrogens with two attached hydrogens (primary N) is 1. The molecule has 15 heavy (non-hydrogen) atoms. The summed E-state index contributed by atoms with van der Waals surface area (Å²) in [6, 6.07) is 3.93. The van der Waals surface area contributed by atoms with Crippen molar-refractivity contribution in [3.05, 3.63) is 42.2 Å². The van der Waals surface area contributed by atoms with Gasteiger partial charge in [-0.25, -0.2) is 4.39 Å². The second-order valence-corrected chi connectivity index (χ2v) is 3.21. The standard InChI is InChI=1S/C11H13FN2O/c1-3-6-14(2)11(15)8-4-5-9(12)10(13)7-8/h3-5,7H,1,6,13H2,2H3. The van der Waals surface area contributed by atoms with E-state index in [9.17, 15) is 9.18 Å². The number of rotatable bonds is 3. The van der Waals surface area contributed by atoms with Gasteiger partial charge in [0.2, 0.25) is 0 Å². The summed E-state index contributed by atoms with van der Waals surface area (Å²) in [7, 11) is 1.64. The third-order valence-corrected chi connectivity index (χ3v) is 1.99. The predicted octanol–water partition coefficient (Wildman–Crippen LogP) is 1.67. The maximum absolute atomic E-state index is 12.8. The summed E-state index contributed by atoms with van der Waals surface area (Å²) in [4.78, 5) is 13.2. The van der Waals surface area contributed by atoms with Gasteiger partial charge in [0.1, 0.15) is 5.82 Å². The molecule has 80 valence electrons. The van der Waals surface area contributed by atoms with Gasteiger partial charge in [-0.05, 0) is 18.2 Å². The Bertz CT molecular complexity index is 390. The summed E-state index contributed by atoms with van der Waals surface area (Å²) in [5, 5.41) is 0. The highest BCUT2D eigenvalue weighted by Crippen LogP contribution is 2.13. The molecule has 2 N–H and O–H groups in total. The quantitative estimate of drug-likeness (QED) is 0.606. The number of benzene rings is 1. The Balaban J connectivity index is 2.91. The van der Waals surface area contributed by atoms with Crippen molar-refractivity contribution in [2.75, 3.05) is 19.3 Å². The number of halogens is 1. The lowest BCUT2D eigenvalue weighted by Gasteiger charge is -2.14. The zero-order valence-electron chi connectivity index (χ0n) is 8.53. The van der Waals surface area contributed by atoms with Crippen LogP contribution in [0, 0.1) is 5.82 Å². The first-order chi connectivity index (χ1) is 7.06. The number of anilines is 1. The average molecular weight is 208 g/mol. The second-order valence-electron chi connectivity index (χ2n) is 3.21. The van der Waals surface area contributed by atoms with Crippen molar-refractivity contribution >= 4 is 11.6 Å². The molecule has 0 unspecified atom stereocenters. The molecular formula is C11H13FN2O. The van der Waals surface area contributed by atoms with E-state index >= 15 is 0 Å². The van der Waals surface area contributed by atoms with E-state index in [0.717, 1.165) is 0 Å². The van der Waals surface area contributed by atoms with Crippen molar-refractivity contribution < 1.29 is 9.18 Å². The predicted molar refractivity (Wildman–Crippen MR) is 58.0 cm³/mol. The molecule has 0 fully saturated rings. The zero-order valence-corrected chi connectivity index (χ0v) is 8.53. The van der Waals surface area contributed by atoms with Gasteiger partial charge < -0.3 is 10.6 Å². The third-order valence-electron chi connectivity index (χ3n) is 1.99. The second kappa shape index (κ2) is 4.59. The van der Waals surface area contributed by atoms with Gasteiger partial charge in [0.15, 0.2) is 0 Å². The maximum Gasteiger partial charge on any atom is 0.253 e. The molecular weight excluding hydrogens is 195 g/mol. The first kappa shape index (κ1) is 11.2. The summed E-state index contributed by atoms with van der Waals surface area (Å²) in [6.45, 7) is 3.97. The van der Waals surface area contributed by atoms with Crippen LogP contribution in [-0.4, -0.2) is 24.4 Å². The van der Waals surface area contributed by atoms with E-state index in [0.29, 0.717) is 12.1 Å². The summed E-state index contributed by atoms with van der Waals surface area (Å²) < 4.78 is 12.8. The Morgan fingerprint density at radius 3 is 2.87 bits per heavy atom. The number of carbonyl (C=O) groups is 1. The van der Waals surface area contributed by atoms with Gasteiger partial charge in [-0.1, -0.05) is 6.08 Å². The van der Waals surface area contributed by atoms with Gasteiger partial charge in [-0.2, -0.15) is 0 Å². The fourth-order valence-corrected chi connectivity index (χ4v) is 1.17. The Hall–Kier alpha value is -1.84. The first-order valence-electron chi connectivity index (χ1n) is 4.47. The van der Waals surface area contributed by atoms with Crippen LogP contribution in [0.3, 0.4) is 0 Å². The van der Waals surface area contributed by atoms with Crippen molar-refractivity contribution in [2.24, 2.45) is 0 Å². The van der Waals surface area contributed by atoms with E-state index < -0.39 is 5.82 Å². The van der Waals surface area contributed by atoms with Crippen molar-refractivity contribution in [1.82, 2.24) is 4.90 Å². The molecule has 1 aromatic rings. The van der Waals surface area contributed by atoms with Crippen LogP contribution in [0.5, 0.6) is 0 Å². The Labute approximate surface area is 88.0 Å². The van der Waals surface area contributed by atoms with Crippen LogP contribution in [0.2, 0.25) is 0 Å². The van der Waals surface area contributed by atoms with Crippen molar-refractivity contribution in [2.45, 2.75) is 0 Å². The lowest BCUT2D eigenvalue weighted by Crippen LogP contribution is -2.26. The third kappa shape index (κ3) is 2.56. The van der Waals surface area contributed by atoms with Gasteiger partial charge in [0, 0.05) is 19.2 Å². The largest absolute Gasteiger partial charge is 0.396 e. The number of hydrogen-bond donors (Lipinski definition) is 1. The minimum atomic E-state index is -0.516. The molecule has 4 heteroatoms. The summed E-state index contributed by atoms with van der Waals surface area (Å²) in [5.74, 6) is -0.723. The smallest absolute Gasteiger partial charge is 0.253 e. The van der Waals surface area contributed by atoms with Crippen molar-refractivity contribution in [1.29, 1.82) is 0 Å². The SMILES string of the molecule is C=CCN(C)C(=O)c1ccc(F)c(N)c1. The number of nitrogen functional groups attached to an aromatic ring is 1. The summed E-state index contributed by atoms with van der Waals surface area (Å²) in [6.07, 6.45) is 1.62. The summed E-state index contributed by atoms with van der Waals surface area (Å²) >= 11 is 0. The summed E-state index contributed by atoms with van der Waals surface area (Å²) in [5.41, 5.74) is 5.72. The Morgan fingerprint density at radius 1 is 1.67 bits per heavy atom. The molecule has 0 aromatic heterocycles. The lowest BCUT2D eigenvalue weighted by atomic mass is 10.1. The topological polar surface area (TPSA) is 46.3 Å². The van der Waals surface area contributed by atoms with E-state index in [4.69, 9.17) is 5.73 Å². The maximum atomic E-state index is 12.8. The highest BCUT2D eigenvalue weighted by molar-refractivity contribution is 5.95. The Kier molecular flexibility index (Phi) is 3.44. The molecule has 3 nitrogen and oxygen atoms in total. The number of likely N-dealkylation sites (N-methyl/N-ethyl adjacent to an activating group) is 1. The van der Waals surface area contributed by atoms with E-state index in [-0.39, 0.29) is 11.6 Å². The fourth-order valence-electron chi connectivity index (χ4n) is 1.17. The monoisotopic (exact) mass is 208 g/mol. The van der Waals surface area contributed by atoms with Crippen molar-refractivity contribution in [3.63, 3.8) is 0 Å². The molecule has 0 heterocycles. The van der Waals surface area contributed by atoms with Crippen LogP contribution in [0.15, 0.2) is 30.9 Å². The molecule has 0 saturated heterocycles. The molecule has 0 spiro atoms. The molecule has 1 amide bonds. The molecule has 0 saturated carbocycles. The highest BCUT2D eigenvalue weighted by atomic mass is 19.1. The van der Waals surface area contributed by atoms with Crippen LogP contribution in [0.4, 0.5) is 10.1 Å². The molecule has 0 aliphatic heterocycles. The van der Waals surface area contributed by atoms with E-state index in [1.807, 2.05) is 0 Å². The van der Waals surface area contributed by atoms with Crippen LogP contribution >= 0.6 is 0 Å². The van der Waals surface area contributed by atoms with Gasteiger partial charge >= 0.3 is 0 Å². The van der Waals surface area contributed by atoms with Gasteiger partial charge in [-0.3, -0.25) is 4.79 Å². The molecule has 0 bridgehead atoms. The Morgan fingerprint density at radius 2 is 2.33 bits per heavy atom. The molecule has 1 rings (SSSR count). The normalized spacial score (nSPS) is 9.73. The van der Waals surface area contributed by atoms with Crippen molar-refractivity contribution in [3.8, 4) is 0 Å². The molecule has 0 aliphatic rings. The van der Waals surface area contributed by atoms with Crippen LogP contribution in [0.25, 0.3) is 0 Å². The van der Waals surface area contributed by atoms with Crippen LogP contribution in [0.1, 0.15) is 10.4 Å². The van der Waals surface area contributed by atoms with E-state index in [1.165, 1.54) is 23.1 Å². The minimum absolute atomic E-state index is 0.0205. The first-order valence-corrected chi connectivity index (χ1v) is 4.47. The van der Waals surface area contributed by atoms with Crippen LogP contribution < -0.4 is 5.73 Å². The molecule has 0 radical (unpaired) electrons. The fraction of sp³-hybridized carbons (Fsp3) is 0.182. The van der Waals surface area contributed by atoms with E-state index in [2.05, 4.69) is 6.58 Å². The van der Waals surface area contributed by atoms with E-state index in [1.54, 1.807) is 13.1 Å². The molecule has 1 aromatic carbocycles. The number of nitrogens with zero attached hydrogens (tertiary/aromatic N) is 1. The zero-order chi connectivity index (χ0) is 11.4. The number of hydrogen-bond acceptors (Lipinski definition) is 2. The van der Waals surface area contributed by atoms with Crippen LogP contribution in [-0.2, 0) is 0 Å². The van der Waals surface area contributed by atoms with Gasteiger partial charge in [-0.15, -0.1) is 6.58 Å². The van der Waals surface area contributed by atoms with Gasteiger partial charge in [0.25, 0.3) is 5.91 Å². The average Bonchev–Trinajstić information content (AvgIpc) is 2.21. The van der Waals surface area contributed by atoms with Gasteiger partial charge in [0.05, 0.1) is 5.69 Å². The lowest BCUT2D eigenvalue weighted by molar-refractivity contribution is 0.0810.